The normalized spacial score (nSPS) is 16.2. The molecule has 2 aromatic rings. The molecule has 1 aliphatic carbocycles. The number of ether oxygens (including phenoxy) is 1. The Balaban J connectivity index is 2.05. The van der Waals surface area contributed by atoms with Crippen molar-refractivity contribution in [1.29, 1.82) is 0 Å². The third-order valence-corrected chi connectivity index (χ3v) is 4.97. The van der Waals surface area contributed by atoms with Crippen molar-refractivity contribution in [2.75, 3.05) is 0 Å². The molecular weight excluding hydrogens is 378 g/mol. The van der Waals surface area contributed by atoms with Crippen LogP contribution in [0.2, 0.25) is 0 Å². The molecule has 0 spiro atoms. The quantitative estimate of drug-likeness (QED) is 0.809. The number of hydrogen-bond acceptors (Lipinski definition) is 4. The van der Waals surface area contributed by atoms with Crippen LogP contribution >= 0.6 is 0 Å². The first-order chi connectivity index (χ1) is 12.1. The summed E-state index contributed by atoms with van der Waals surface area (Å²) in [6, 6.07) is 3.46. The Kier molecular flexibility index (Phi) is 4.69. The maximum atomic E-state index is 14.0. The van der Waals surface area contributed by atoms with E-state index >= 15 is 0 Å². The van der Waals surface area contributed by atoms with Gasteiger partial charge in [-0.25, -0.2) is 22.6 Å². The zero-order chi connectivity index (χ0) is 19.1. The zero-order valence-electron chi connectivity index (χ0n) is 13.3. The molecule has 1 aromatic heterocycles. The Morgan fingerprint density at radius 1 is 1.19 bits per heavy atom. The summed E-state index contributed by atoms with van der Waals surface area (Å²) in [5.41, 5.74) is -1.31. The number of benzene rings is 1. The fourth-order valence-corrected chi connectivity index (χ4v) is 3.39. The molecular formula is C15H15F4N3O3S. The molecule has 0 bridgehead atoms. The standard InChI is InChI=1S/C15H15F4N3O3S/c16-11-7-9(5-6-12(11)26(20,23)24)22-14(25-10-3-1-2-4-10)8-13(21-22)15(17,18)19/h5-8,10H,1-4H2,(H2,20,23,24). The largest absolute Gasteiger partial charge is 0.474 e. The molecule has 6 nitrogen and oxygen atoms in total. The minimum Gasteiger partial charge on any atom is -0.474 e. The smallest absolute Gasteiger partial charge is 0.435 e. The highest BCUT2D eigenvalue weighted by molar-refractivity contribution is 7.89. The maximum absolute atomic E-state index is 14.0. The van der Waals surface area contributed by atoms with Crippen LogP contribution < -0.4 is 9.88 Å². The van der Waals surface area contributed by atoms with Crippen LogP contribution in [0.15, 0.2) is 29.2 Å². The van der Waals surface area contributed by atoms with Gasteiger partial charge in [0.15, 0.2) is 5.69 Å². The van der Waals surface area contributed by atoms with Crippen molar-refractivity contribution in [2.24, 2.45) is 5.14 Å². The number of alkyl halides is 3. The third kappa shape index (κ3) is 3.83. The molecule has 1 aromatic carbocycles. The van der Waals surface area contributed by atoms with Crippen LogP contribution in [0.3, 0.4) is 0 Å². The van der Waals surface area contributed by atoms with E-state index in [-0.39, 0.29) is 17.7 Å². The van der Waals surface area contributed by atoms with Gasteiger partial charge in [0.2, 0.25) is 15.9 Å². The molecule has 0 amide bonds. The highest BCUT2D eigenvalue weighted by Gasteiger charge is 2.36. The molecule has 0 aliphatic heterocycles. The first-order valence-corrected chi connectivity index (χ1v) is 9.27. The second-order valence-electron chi connectivity index (χ2n) is 5.96. The Bertz CT molecular complexity index is 919. The lowest BCUT2D eigenvalue weighted by Crippen LogP contribution is -2.15. The maximum Gasteiger partial charge on any atom is 0.435 e. The predicted octanol–water partition coefficient (Wildman–Crippen LogP) is 3.00. The molecule has 1 aliphatic rings. The van der Waals surface area contributed by atoms with E-state index in [1.807, 2.05) is 0 Å². The molecule has 0 unspecified atom stereocenters. The van der Waals surface area contributed by atoms with Gasteiger partial charge in [-0.2, -0.15) is 18.3 Å². The number of halogens is 4. The molecule has 0 radical (unpaired) electrons. The van der Waals surface area contributed by atoms with Gasteiger partial charge in [0.05, 0.1) is 5.69 Å². The summed E-state index contributed by atoms with van der Waals surface area (Å²) in [6.45, 7) is 0. The zero-order valence-corrected chi connectivity index (χ0v) is 14.1. The topological polar surface area (TPSA) is 87.2 Å². The lowest BCUT2D eigenvalue weighted by Gasteiger charge is -2.14. The van der Waals surface area contributed by atoms with Crippen LogP contribution in [0.1, 0.15) is 31.4 Å². The Morgan fingerprint density at radius 2 is 1.85 bits per heavy atom. The Hall–Kier alpha value is -2.14. The minimum absolute atomic E-state index is 0.113. The van der Waals surface area contributed by atoms with Crippen LogP contribution in [0.5, 0.6) is 5.88 Å². The number of nitrogens with two attached hydrogens (primary N) is 1. The third-order valence-electron chi connectivity index (χ3n) is 4.02. The molecule has 0 atom stereocenters. The number of aromatic nitrogens is 2. The van der Waals surface area contributed by atoms with E-state index in [1.165, 1.54) is 0 Å². The molecule has 26 heavy (non-hydrogen) atoms. The number of sulfonamides is 1. The summed E-state index contributed by atoms with van der Waals surface area (Å²) in [6.07, 6.45) is -1.75. The van der Waals surface area contributed by atoms with E-state index in [4.69, 9.17) is 9.88 Å². The number of nitrogens with zero attached hydrogens (tertiary/aromatic N) is 2. The lowest BCUT2D eigenvalue weighted by molar-refractivity contribution is -0.141. The summed E-state index contributed by atoms with van der Waals surface area (Å²) in [4.78, 5) is -0.761. The van der Waals surface area contributed by atoms with Crippen LogP contribution in [0.25, 0.3) is 5.69 Å². The monoisotopic (exact) mass is 393 g/mol. The van der Waals surface area contributed by atoms with E-state index in [9.17, 15) is 26.0 Å². The summed E-state index contributed by atoms with van der Waals surface area (Å²) >= 11 is 0. The Morgan fingerprint density at radius 3 is 2.38 bits per heavy atom. The van der Waals surface area contributed by atoms with Gasteiger partial charge in [0.1, 0.15) is 16.8 Å². The van der Waals surface area contributed by atoms with E-state index in [1.54, 1.807) is 0 Å². The Labute approximate surface area is 146 Å². The van der Waals surface area contributed by atoms with Crippen molar-refractivity contribution in [2.45, 2.75) is 42.9 Å². The average Bonchev–Trinajstić information content (AvgIpc) is 3.15. The molecule has 1 fully saturated rings. The van der Waals surface area contributed by atoms with Crippen LogP contribution in [-0.2, 0) is 16.2 Å². The van der Waals surface area contributed by atoms with E-state index in [0.717, 1.165) is 41.8 Å². The molecule has 0 saturated heterocycles. The van der Waals surface area contributed by atoms with Gasteiger partial charge in [-0.15, -0.1) is 0 Å². The van der Waals surface area contributed by atoms with E-state index in [0.29, 0.717) is 12.8 Å². The number of hydrogen-bond donors (Lipinski definition) is 1. The molecule has 3 rings (SSSR count). The van der Waals surface area contributed by atoms with Gasteiger partial charge in [0.25, 0.3) is 0 Å². The van der Waals surface area contributed by atoms with Crippen molar-refractivity contribution < 1.29 is 30.7 Å². The van der Waals surface area contributed by atoms with Gasteiger partial charge in [-0.1, -0.05) is 0 Å². The molecule has 11 heteroatoms. The predicted molar refractivity (Wildman–Crippen MR) is 82.8 cm³/mol. The second kappa shape index (κ2) is 6.54. The van der Waals surface area contributed by atoms with Crippen molar-refractivity contribution in [3.05, 3.63) is 35.8 Å². The van der Waals surface area contributed by atoms with Gasteiger partial charge in [-0.05, 0) is 37.8 Å². The van der Waals surface area contributed by atoms with E-state index in [2.05, 4.69) is 5.10 Å². The van der Waals surface area contributed by atoms with Gasteiger partial charge in [-0.3, -0.25) is 0 Å². The average molecular weight is 393 g/mol. The summed E-state index contributed by atoms with van der Waals surface area (Å²) in [7, 11) is -4.30. The highest BCUT2D eigenvalue weighted by Crippen LogP contribution is 2.34. The van der Waals surface area contributed by atoms with Crippen molar-refractivity contribution >= 4 is 10.0 Å². The summed E-state index contributed by atoms with van der Waals surface area (Å²) in [5, 5.41) is 8.33. The highest BCUT2D eigenvalue weighted by atomic mass is 32.2. The first kappa shape index (κ1) is 18.6. The van der Waals surface area contributed by atoms with Crippen molar-refractivity contribution in [3.63, 3.8) is 0 Å². The van der Waals surface area contributed by atoms with Crippen LogP contribution in [-0.4, -0.2) is 24.3 Å². The van der Waals surface area contributed by atoms with Gasteiger partial charge in [0, 0.05) is 12.1 Å². The van der Waals surface area contributed by atoms with E-state index < -0.39 is 32.6 Å². The summed E-state index contributed by atoms with van der Waals surface area (Å²) in [5.74, 6) is -1.38. The fraction of sp³-hybridized carbons (Fsp3) is 0.400. The SMILES string of the molecule is NS(=O)(=O)c1ccc(-n2nc(C(F)(F)F)cc2OC2CCCC2)cc1F. The second-order valence-corrected chi connectivity index (χ2v) is 7.49. The van der Waals surface area contributed by atoms with Crippen molar-refractivity contribution in [3.8, 4) is 11.6 Å². The molecule has 1 saturated carbocycles. The first-order valence-electron chi connectivity index (χ1n) is 7.72. The number of rotatable bonds is 4. The van der Waals surface area contributed by atoms with Crippen LogP contribution in [0, 0.1) is 5.82 Å². The van der Waals surface area contributed by atoms with Crippen molar-refractivity contribution in [1.82, 2.24) is 9.78 Å². The number of primary sulfonamides is 1. The molecule has 2 N–H and O–H groups in total. The molecule has 1 heterocycles. The fourth-order valence-electron chi connectivity index (χ4n) is 2.80. The lowest BCUT2D eigenvalue weighted by atomic mass is 10.3. The minimum atomic E-state index is -4.71. The van der Waals surface area contributed by atoms with Crippen LogP contribution in [0.4, 0.5) is 17.6 Å². The summed E-state index contributed by atoms with van der Waals surface area (Å²) < 4.78 is 82.0. The molecule has 142 valence electrons. The van der Waals surface area contributed by atoms with Gasteiger partial charge >= 0.3 is 6.18 Å². The van der Waals surface area contributed by atoms with Gasteiger partial charge < -0.3 is 4.74 Å².